The van der Waals surface area contributed by atoms with Gasteiger partial charge >= 0.3 is 0 Å². The van der Waals surface area contributed by atoms with E-state index in [2.05, 4.69) is 24.1 Å². The number of phenolic OH excluding ortho intramolecular Hbond substituents is 1. The van der Waals surface area contributed by atoms with Crippen LogP contribution in [0.4, 0.5) is 5.69 Å². The van der Waals surface area contributed by atoms with E-state index in [1.54, 1.807) is 0 Å². The summed E-state index contributed by atoms with van der Waals surface area (Å²) in [6.45, 7) is 8.63. The highest BCUT2D eigenvalue weighted by Gasteiger charge is 2.23. The van der Waals surface area contributed by atoms with Gasteiger partial charge < -0.3 is 10.4 Å². The maximum absolute atomic E-state index is 9.66. The highest BCUT2D eigenvalue weighted by molar-refractivity contribution is 5.51. The minimum atomic E-state index is 0.369. The van der Waals surface area contributed by atoms with Crippen molar-refractivity contribution < 1.29 is 5.11 Å². The van der Waals surface area contributed by atoms with Crippen LogP contribution in [0.5, 0.6) is 5.75 Å². The Kier molecular flexibility index (Phi) is 3.57. The molecule has 0 radical (unpaired) electrons. The molecule has 1 unspecified atom stereocenters. The van der Waals surface area contributed by atoms with Crippen LogP contribution in [0.1, 0.15) is 25.8 Å². The van der Waals surface area contributed by atoms with Crippen LogP contribution < -0.4 is 5.32 Å². The zero-order valence-electron chi connectivity index (χ0n) is 10.9. The minimum absolute atomic E-state index is 0.369. The van der Waals surface area contributed by atoms with Crippen LogP contribution in [-0.4, -0.2) is 35.2 Å². The van der Waals surface area contributed by atoms with Crippen molar-refractivity contribution in [2.75, 3.05) is 18.4 Å². The molecular weight excluding hydrogens is 212 g/mol. The summed E-state index contributed by atoms with van der Waals surface area (Å²) in [5.41, 5.74) is 1.94. The van der Waals surface area contributed by atoms with E-state index in [4.69, 9.17) is 0 Å². The van der Waals surface area contributed by atoms with Gasteiger partial charge in [-0.2, -0.15) is 0 Å². The van der Waals surface area contributed by atoms with Crippen molar-refractivity contribution in [2.45, 2.75) is 39.3 Å². The monoisotopic (exact) mass is 234 g/mol. The van der Waals surface area contributed by atoms with Crippen molar-refractivity contribution in [3.63, 3.8) is 0 Å². The zero-order valence-corrected chi connectivity index (χ0v) is 10.9. The summed E-state index contributed by atoms with van der Waals surface area (Å²) in [4.78, 5) is 2.48. The van der Waals surface area contributed by atoms with Crippen molar-refractivity contribution in [2.24, 2.45) is 0 Å². The Labute approximate surface area is 103 Å². The Morgan fingerprint density at radius 3 is 2.76 bits per heavy atom. The smallest absolute Gasteiger partial charge is 0.120 e. The largest absolute Gasteiger partial charge is 0.508 e. The average Bonchev–Trinajstić information content (AvgIpc) is 2.72. The van der Waals surface area contributed by atoms with Gasteiger partial charge in [-0.3, -0.25) is 4.90 Å². The maximum atomic E-state index is 9.66. The average molecular weight is 234 g/mol. The van der Waals surface area contributed by atoms with Gasteiger partial charge in [-0.15, -0.1) is 0 Å². The van der Waals surface area contributed by atoms with E-state index in [1.165, 1.54) is 6.42 Å². The molecule has 1 atom stereocenters. The van der Waals surface area contributed by atoms with Crippen LogP contribution in [-0.2, 0) is 0 Å². The first-order chi connectivity index (χ1) is 8.06. The molecule has 0 bridgehead atoms. The van der Waals surface area contributed by atoms with E-state index < -0.39 is 0 Å². The number of benzene rings is 1. The second kappa shape index (κ2) is 4.96. The number of rotatable bonds is 3. The van der Waals surface area contributed by atoms with E-state index in [9.17, 15) is 5.11 Å². The molecule has 0 saturated carbocycles. The second-order valence-corrected chi connectivity index (χ2v) is 5.22. The number of aromatic hydroxyl groups is 1. The number of nitrogens with zero attached hydrogens (tertiary/aromatic N) is 1. The lowest BCUT2D eigenvalue weighted by molar-refractivity contribution is 0.274. The van der Waals surface area contributed by atoms with Crippen LogP contribution in [0, 0.1) is 6.92 Å². The predicted octanol–water partition coefficient (Wildman–Crippen LogP) is 2.60. The molecule has 0 aliphatic carbocycles. The van der Waals surface area contributed by atoms with E-state index >= 15 is 0 Å². The summed E-state index contributed by atoms with van der Waals surface area (Å²) in [5.74, 6) is 0.369. The molecule has 17 heavy (non-hydrogen) atoms. The molecular formula is C14H22N2O. The molecule has 2 rings (SSSR count). The lowest BCUT2D eigenvalue weighted by Crippen LogP contribution is -2.31. The van der Waals surface area contributed by atoms with E-state index in [0.717, 1.165) is 24.3 Å². The van der Waals surface area contributed by atoms with Crippen LogP contribution >= 0.6 is 0 Å². The Morgan fingerprint density at radius 1 is 1.41 bits per heavy atom. The fourth-order valence-corrected chi connectivity index (χ4v) is 2.31. The first-order valence-corrected chi connectivity index (χ1v) is 6.36. The third-order valence-electron chi connectivity index (χ3n) is 3.53. The number of aryl methyl sites for hydroxylation is 1. The molecule has 3 nitrogen and oxygen atoms in total. The summed E-state index contributed by atoms with van der Waals surface area (Å²) in [6.07, 6.45) is 1.17. The minimum Gasteiger partial charge on any atom is -0.508 e. The van der Waals surface area contributed by atoms with Gasteiger partial charge in [0.05, 0.1) is 0 Å². The fraction of sp³-hybridized carbons (Fsp3) is 0.571. The third kappa shape index (κ3) is 2.91. The predicted molar refractivity (Wildman–Crippen MR) is 71.6 cm³/mol. The first kappa shape index (κ1) is 12.2. The van der Waals surface area contributed by atoms with Gasteiger partial charge in [0.1, 0.15) is 5.75 Å². The van der Waals surface area contributed by atoms with Crippen molar-refractivity contribution in [3.05, 3.63) is 23.8 Å². The molecule has 1 saturated heterocycles. The Hall–Kier alpha value is -1.22. The lowest BCUT2D eigenvalue weighted by Gasteiger charge is -2.21. The van der Waals surface area contributed by atoms with Crippen molar-refractivity contribution in [1.29, 1.82) is 0 Å². The molecule has 1 aliphatic rings. The third-order valence-corrected chi connectivity index (χ3v) is 3.53. The standard InChI is InChI=1S/C14H22N2O/c1-10(2)16-7-6-13(9-16)15-12-5-4-11(3)14(17)8-12/h4-5,8,10,13,15,17H,6-7,9H2,1-3H3. The van der Waals surface area contributed by atoms with Crippen LogP contribution in [0.2, 0.25) is 0 Å². The fourth-order valence-electron chi connectivity index (χ4n) is 2.31. The van der Waals surface area contributed by atoms with E-state index in [0.29, 0.717) is 17.8 Å². The normalized spacial score (nSPS) is 21.1. The number of hydrogen-bond acceptors (Lipinski definition) is 3. The Balaban J connectivity index is 1.96. The van der Waals surface area contributed by atoms with Gasteiger partial charge in [-0.05, 0) is 38.8 Å². The lowest BCUT2D eigenvalue weighted by atomic mass is 10.2. The molecule has 0 spiro atoms. The van der Waals surface area contributed by atoms with Gasteiger partial charge in [0, 0.05) is 36.9 Å². The van der Waals surface area contributed by atoms with Crippen molar-refractivity contribution in [1.82, 2.24) is 4.90 Å². The molecule has 0 amide bonds. The number of nitrogens with one attached hydrogen (secondary N) is 1. The first-order valence-electron chi connectivity index (χ1n) is 6.36. The molecule has 1 heterocycles. The molecule has 94 valence electrons. The number of phenols is 1. The maximum Gasteiger partial charge on any atom is 0.120 e. The molecule has 1 fully saturated rings. The van der Waals surface area contributed by atoms with Crippen molar-refractivity contribution in [3.8, 4) is 5.75 Å². The van der Waals surface area contributed by atoms with Crippen LogP contribution in [0.3, 0.4) is 0 Å². The van der Waals surface area contributed by atoms with E-state index in [-0.39, 0.29) is 0 Å². The van der Waals surface area contributed by atoms with Gasteiger partial charge in [0.2, 0.25) is 0 Å². The topological polar surface area (TPSA) is 35.5 Å². The highest BCUT2D eigenvalue weighted by atomic mass is 16.3. The molecule has 0 aromatic heterocycles. The summed E-state index contributed by atoms with van der Waals surface area (Å²) >= 11 is 0. The summed E-state index contributed by atoms with van der Waals surface area (Å²) in [6, 6.07) is 6.92. The molecule has 3 heteroatoms. The Morgan fingerprint density at radius 2 is 2.18 bits per heavy atom. The quantitative estimate of drug-likeness (QED) is 0.844. The Bertz CT molecular complexity index is 390. The number of likely N-dealkylation sites (tertiary alicyclic amines) is 1. The van der Waals surface area contributed by atoms with Crippen LogP contribution in [0.25, 0.3) is 0 Å². The zero-order chi connectivity index (χ0) is 12.4. The SMILES string of the molecule is Cc1ccc(NC2CCN(C(C)C)C2)cc1O. The van der Waals surface area contributed by atoms with Gasteiger partial charge in [-0.25, -0.2) is 0 Å². The summed E-state index contributed by atoms with van der Waals surface area (Å²) in [7, 11) is 0. The highest BCUT2D eigenvalue weighted by Crippen LogP contribution is 2.23. The van der Waals surface area contributed by atoms with Gasteiger partial charge in [0.15, 0.2) is 0 Å². The van der Waals surface area contributed by atoms with E-state index in [1.807, 2.05) is 25.1 Å². The summed E-state index contributed by atoms with van der Waals surface area (Å²) in [5, 5.41) is 13.2. The molecule has 1 aromatic carbocycles. The van der Waals surface area contributed by atoms with Crippen molar-refractivity contribution >= 4 is 5.69 Å². The number of hydrogen-bond donors (Lipinski definition) is 2. The summed E-state index contributed by atoms with van der Waals surface area (Å²) < 4.78 is 0. The molecule has 2 N–H and O–H groups in total. The molecule has 1 aliphatic heterocycles. The second-order valence-electron chi connectivity index (χ2n) is 5.22. The molecule has 1 aromatic rings. The van der Waals surface area contributed by atoms with Gasteiger partial charge in [0.25, 0.3) is 0 Å². The number of anilines is 1. The van der Waals surface area contributed by atoms with Gasteiger partial charge in [-0.1, -0.05) is 6.07 Å². The van der Waals surface area contributed by atoms with Crippen LogP contribution in [0.15, 0.2) is 18.2 Å².